The number of hydrogen-bond donors (Lipinski definition) is 3. The number of piperidine rings is 1. The Balaban J connectivity index is 1.43. The smallest absolute Gasteiger partial charge is 0.166 e. The Kier molecular flexibility index (Phi) is 2.91. The minimum absolute atomic E-state index is 0.0813. The van der Waals surface area contributed by atoms with Crippen LogP contribution in [0.2, 0.25) is 0 Å². The zero-order valence-electron chi connectivity index (χ0n) is 17.4. The molecule has 8 rings (SSSR count). The number of phenols is 1. The zero-order chi connectivity index (χ0) is 20.5. The number of aromatic hydroxyl groups is 1. The summed E-state index contributed by atoms with van der Waals surface area (Å²) in [7, 11) is 0. The van der Waals surface area contributed by atoms with E-state index in [0.717, 1.165) is 48.6 Å². The standard InChI is InChI=1S/C26H26N2O3/c29-19-8-7-15-11-20-26(30)12-17-16-3-1-2-4-18(16)27-22(17)24-25(26,21(15)23(19)31-24)9-10-28(20)13-14-5-6-14/h1-4,7-8,14,20,24,27,29-30H,5-6,9-13H2/t20?,24-,25?,26-/m1/s1. The summed E-state index contributed by atoms with van der Waals surface area (Å²) in [5, 5.41) is 24.6. The van der Waals surface area contributed by atoms with Crippen LogP contribution in [-0.2, 0) is 18.3 Å². The van der Waals surface area contributed by atoms with Crippen molar-refractivity contribution in [2.24, 2.45) is 5.92 Å². The zero-order valence-corrected chi connectivity index (χ0v) is 17.4. The lowest BCUT2D eigenvalue weighted by Gasteiger charge is -2.62. The first-order valence-electron chi connectivity index (χ1n) is 11.7. The van der Waals surface area contributed by atoms with Gasteiger partial charge in [0, 0.05) is 35.5 Å². The van der Waals surface area contributed by atoms with Crippen molar-refractivity contribution in [2.75, 3.05) is 13.1 Å². The molecule has 3 aliphatic carbocycles. The number of aromatic nitrogens is 1. The quantitative estimate of drug-likeness (QED) is 0.600. The molecule has 3 heterocycles. The molecule has 1 saturated heterocycles. The van der Waals surface area contributed by atoms with Crippen LogP contribution in [0.1, 0.15) is 47.8 Å². The number of rotatable bonds is 2. The second-order valence-electron chi connectivity index (χ2n) is 10.5. The summed E-state index contributed by atoms with van der Waals surface area (Å²) < 4.78 is 6.60. The van der Waals surface area contributed by atoms with Crippen molar-refractivity contribution in [3.8, 4) is 11.5 Å². The number of hydrogen-bond acceptors (Lipinski definition) is 4. The summed E-state index contributed by atoms with van der Waals surface area (Å²) in [5.74, 6) is 1.58. The van der Waals surface area contributed by atoms with Gasteiger partial charge in [0.2, 0.25) is 0 Å². The highest BCUT2D eigenvalue weighted by molar-refractivity contribution is 5.86. The van der Waals surface area contributed by atoms with Crippen molar-refractivity contribution in [1.82, 2.24) is 9.88 Å². The lowest BCUT2D eigenvalue weighted by Crippen LogP contribution is -2.74. The number of likely N-dealkylation sites (tertiary alicyclic amines) is 1. The number of fused-ring (bicyclic) bond motifs is 4. The van der Waals surface area contributed by atoms with E-state index in [9.17, 15) is 10.2 Å². The van der Waals surface area contributed by atoms with Crippen LogP contribution in [-0.4, -0.2) is 44.8 Å². The minimum Gasteiger partial charge on any atom is -0.504 e. The number of benzene rings is 2. The summed E-state index contributed by atoms with van der Waals surface area (Å²) in [6.45, 7) is 2.07. The van der Waals surface area contributed by atoms with E-state index < -0.39 is 11.0 Å². The molecule has 0 amide bonds. The van der Waals surface area contributed by atoms with Crippen molar-refractivity contribution in [3.05, 3.63) is 58.8 Å². The van der Waals surface area contributed by atoms with E-state index in [0.29, 0.717) is 12.2 Å². The molecule has 2 aromatic carbocycles. The van der Waals surface area contributed by atoms with Crippen LogP contribution in [0.15, 0.2) is 36.4 Å². The van der Waals surface area contributed by atoms with Gasteiger partial charge in [-0.1, -0.05) is 24.3 Å². The van der Waals surface area contributed by atoms with Crippen molar-refractivity contribution in [2.45, 2.75) is 55.3 Å². The largest absolute Gasteiger partial charge is 0.504 e. The molecule has 0 radical (unpaired) electrons. The Bertz CT molecular complexity index is 1280. The van der Waals surface area contributed by atoms with E-state index in [4.69, 9.17) is 4.74 Å². The minimum atomic E-state index is -0.908. The molecule has 1 saturated carbocycles. The summed E-state index contributed by atoms with van der Waals surface area (Å²) in [6, 6.07) is 12.3. The number of ether oxygens (including phenoxy) is 1. The fraction of sp³-hybridized carbons (Fsp3) is 0.462. The molecule has 158 valence electrons. The summed E-state index contributed by atoms with van der Waals surface area (Å²) in [5.41, 5.74) is 4.27. The molecular weight excluding hydrogens is 388 g/mol. The molecule has 4 atom stereocenters. The maximum Gasteiger partial charge on any atom is 0.166 e. The molecule has 3 aromatic rings. The number of phenolic OH excluding ortho intramolecular Hbond substituents is 1. The monoisotopic (exact) mass is 414 g/mol. The number of aliphatic hydroxyl groups is 1. The fourth-order valence-corrected chi connectivity index (χ4v) is 7.57. The van der Waals surface area contributed by atoms with Crippen molar-refractivity contribution >= 4 is 10.9 Å². The molecule has 2 fully saturated rings. The summed E-state index contributed by atoms with van der Waals surface area (Å²) >= 11 is 0. The van der Waals surface area contributed by atoms with Crippen LogP contribution in [0.25, 0.3) is 10.9 Å². The molecule has 2 aliphatic heterocycles. The van der Waals surface area contributed by atoms with E-state index in [1.54, 1.807) is 6.07 Å². The molecule has 31 heavy (non-hydrogen) atoms. The molecule has 2 unspecified atom stereocenters. The van der Waals surface area contributed by atoms with Crippen LogP contribution in [0.3, 0.4) is 0 Å². The second-order valence-corrected chi connectivity index (χ2v) is 10.5. The van der Waals surface area contributed by atoms with E-state index in [1.165, 1.54) is 29.4 Å². The Labute approximate surface area is 180 Å². The van der Waals surface area contributed by atoms with Gasteiger partial charge in [-0.25, -0.2) is 0 Å². The highest BCUT2D eigenvalue weighted by Crippen LogP contribution is 2.69. The Morgan fingerprint density at radius 3 is 2.90 bits per heavy atom. The van der Waals surface area contributed by atoms with Crippen molar-refractivity contribution in [3.63, 3.8) is 0 Å². The van der Waals surface area contributed by atoms with Crippen molar-refractivity contribution in [1.29, 1.82) is 0 Å². The normalized spacial score (nSPS) is 35.0. The van der Waals surface area contributed by atoms with Gasteiger partial charge in [0.15, 0.2) is 17.6 Å². The molecule has 5 nitrogen and oxygen atoms in total. The number of nitrogens with one attached hydrogen (secondary N) is 1. The summed E-state index contributed by atoms with van der Waals surface area (Å²) in [4.78, 5) is 6.22. The van der Waals surface area contributed by atoms with E-state index in [-0.39, 0.29) is 17.9 Å². The van der Waals surface area contributed by atoms with Crippen molar-refractivity contribution < 1.29 is 14.9 Å². The molecular formula is C26H26N2O3. The first kappa shape index (κ1) is 17.1. The van der Waals surface area contributed by atoms with Gasteiger partial charge in [-0.05, 0) is 61.4 Å². The predicted octanol–water partition coefficient (Wildman–Crippen LogP) is 3.57. The second kappa shape index (κ2) is 5.28. The third kappa shape index (κ3) is 1.84. The van der Waals surface area contributed by atoms with Crippen LogP contribution in [0.4, 0.5) is 0 Å². The van der Waals surface area contributed by atoms with Gasteiger partial charge in [-0.3, -0.25) is 4.90 Å². The third-order valence-electron chi connectivity index (χ3n) is 9.07. The van der Waals surface area contributed by atoms with E-state index in [1.807, 2.05) is 6.07 Å². The predicted molar refractivity (Wildman–Crippen MR) is 117 cm³/mol. The van der Waals surface area contributed by atoms with Crippen LogP contribution in [0, 0.1) is 5.92 Å². The van der Waals surface area contributed by atoms with Gasteiger partial charge in [-0.2, -0.15) is 0 Å². The third-order valence-corrected chi connectivity index (χ3v) is 9.07. The summed E-state index contributed by atoms with van der Waals surface area (Å²) in [6.07, 6.45) is 4.66. The fourth-order valence-electron chi connectivity index (χ4n) is 7.57. The van der Waals surface area contributed by atoms with Gasteiger partial charge in [0.1, 0.15) is 0 Å². The molecule has 5 aliphatic rings. The highest BCUT2D eigenvalue weighted by atomic mass is 16.5. The van der Waals surface area contributed by atoms with Gasteiger partial charge < -0.3 is 19.9 Å². The van der Waals surface area contributed by atoms with Gasteiger partial charge in [0.25, 0.3) is 0 Å². The molecule has 1 aromatic heterocycles. The van der Waals surface area contributed by atoms with E-state index >= 15 is 0 Å². The Morgan fingerprint density at radius 2 is 2.03 bits per heavy atom. The first-order chi connectivity index (χ1) is 15.1. The molecule has 5 heteroatoms. The van der Waals surface area contributed by atoms with Gasteiger partial charge in [-0.15, -0.1) is 0 Å². The van der Waals surface area contributed by atoms with E-state index in [2.05, 4.69) is 34.1 Å². The van der Waals surface area contributed by atoms with Gasteiger partial charge >= 0.3 is 0 Å². The molecule has 3 N–H and O–H groups in total. The van der Waals surface area contributed by atoms with Gasteiger partial charge in [0.05, 0.1) is 16.7 Å². The lowest BCUT2D eigenvalue weighted by molar-refractivity contribution is -0.173. The topological polar surface area (TPSA) is 68.7 Å². The Hall–Kier alpha value is -2.50. The van der Waals surface area contributed by atoms with Crippen LogP contribution in [0.5, 0.6) is 11.5 Å². The van der Waals surface area contributed by atoms with Crippen LogP contribution >= 0.6 is 0 Å². The average molecular weight is 415 g/mol. The number of H-pyrrole nitrogens is 1. The number of aromatic amines is 1. The lowest BCUT2D eigenvalue weighted by atomic mass is 9.49. The first-order valence-corrected chi connectivity index (χ1v) is 11.7. The molecule has 1 spiro atoms. The molecule has 2 bridgehead atoms. The average Bonchev–Trinajstić information content (AvgIpc) is 3.40. The number of nitrogens with zero attached hydrogens (tertiary/aromatic N) is 1. The SMILES string of the molecule is Oc1ccc2c3c1O[C@@H]1c4[nH]c5ccccc5c4C[C@@]4(O)C(C2)N(CC2CC2)CCC314. The maximum absolute atomic E-state index is 12.7. The maximum atomic E-state index is 12.7. The Morgan fingerprint density at radius 1 is 1.16 bits per heavy atom. The highest BCUT2D eigenvalue weighted by Gasteiger charge is 2.72. The number of para-hydroxylation sites is 1. The van der Waals surface area contributed by atoms with Crippen LogP contribution < -0.4 is 4.74 Å².